The number of nitrogens with zero attached hydrogens (tertiary/aromatic N) is 4. The Balaban J connectivity index is 1.29. The van der Waals surface area contributed by atoms with Gasteiger partial charge in [-0.05, 0) is 43.9 Å². The molecule has 0 spiro atoms. The molecule has 1 saturated carbocycles. The summed E-state index contributed by atoms with van der Waals surface area (Å²) in [7, 11) is 0. The van der Waals surface area contributed by atoms with Gasteiger partial charge in [0.25, 0.3) is 0 Å². The molecule has 1 atom stereocenters. The van der Waals surface area contributed by atoms with Crippen molar-refractivity contribution < 1.29 is 13.7 Å². The predicted octanol–water partition coefficient (Wildman–Crippen LogP) is 4.07. The van der Waals surface area contributed by atoms with Crippen LogP contribution in [-0.2, 0) is 11.3 Å². The maximum atomic E-state index is 13.9. The van der Waals surface area contributed by atoms with Crippen molar-refractivity contribution in [3.63, 3.8) is 0 Å². The van der Waals surface area contributed by atoms with Crippen molar-refractivity contribution in [3.8, 4) is 11.4 Å². The summed E-state index contributed by atoms with van der Waals surface area (Å²) in [5.74, 6) is 1.81. The number of rotatable bonds is 6. The molecule has 1 saturated heterocycles. The van der Waals surface area contributed by atoms with E-state index in [-0.39, 0.29) is 24.2 Å². The monoisotopic (exact) mass is 435 g/mol. The molecule has 166 valence electrons. The Labute approximate surface area is 186 Å². The van der Waals surface area contributed by atoms with Crippen molar-refractivity contribution in [2.24, 2.45) is 5.92 Å². The van der Waals surface area contributed by atoms with E-state index < -0.39 is 0 Å². The van der Waals surface area contributed by atoms with Crippen LogP contribution in [0.15, 0.2) is 47.1 Å². The summed E-state index contributed by atoms with van der Waals surface area (Å²) in [5, 5.41) is 7.09. The minimum Gasteiger partial charge on any atom is -0.355 e. The molecule has 1 aliphatic heterocycles. The largest absolute Gasteiger partial charge is 0.355 e. The molecule has 0 bridgehead atoms. The molecule has 1 aromatic carbocycles. The Morgan fingerprint density at radius 3 is 2.84 bits per heavy atom. The molecule has 2 aliphatic rings. The summed E-state index contributed by atoms with van der Waals surface area (Å²) < 4.78 is 19.4. The summed E-state index contributed by atoms with van der Waals surface area (Å²) in [6.07, 6.45) is 6.79. The van der Waals surface area contributed by atoms with Gasteiger partial charge < -0.3 is 14.7 Å². The van der Waals surface area contributed by atoms with Gasteiger partial charge in [-0.15, -0.1) is 0 Å². The lowest BCUT2D eigenvalue weighted by molar-refractivity contribution is -0.125. The molecule has 5 rings (SSSR count). The fourth-order valence-electron chi connectivity index (χ4n) is 4.34. The molecule has 3 aromatic rings. The van der Waals surface area contributed by atoms with Gasteiger partial charge in [0, 0.05) is 37.3 Å². The third-order valence-corrected chi connectivity index (χ3v) is 6.43. The summed E-state index contributed by atoms with van der Waals surface area (Å²) in [6, 6.07) is 10.3. The minimum absolute atomic E-state index is 0.0673. The lowest BCUT2D eigenvalue weighted by Crippen LogP contribution is -2.43. The van der Waals surface area contributed by atoms with E-state index in [4.69, 9.17) is 4.52 Å². The zero-order valence-electron chi connectivity index (χ0n) is 17.8. The van der Waals surface area contributed by atoms with Crippen LogP contribution >= 0.6 is 0 Å². The van der Waals surface area contributed by atoms with Gasteiger partial charge in [-0.3, -0.25) is 4.79 Å². The summed E-state index contributed by atoms with van der Waals surface area (Å²) in [5.41, 5.74) is 1.30. The Kier molecular flexibility index (Phi) is 5.83. The highest BCUT2D eigenvalue weighted by atomic mass is 19.1. The van der Waals surface area contributed by atoms with Gasteiger partial charge in [-0.2, -0.15) is 4.98 Å². The van der Waals surface area contributed by atoms with Gasteiger partial charge >= 0.3 is 0 Å². The van der Waals surface area contributed by atoms with Gasteiger partial charge in [0.2, 0.25) is 17.6 Å². The Morgan fingerprint density at radius 2 is 2.03 bits per heavy atom. The van der Waals surface area contributed by atoms with Crippen LogP contribution in [0.1, 0.15) is 49.5 Å². The first-order valence-corrected chi connectivity index (χ1v) is 11.2. The van der Waals surface area contributed by atoms with Gasteiger partial charge in [0.05, 0.1) is 11.5 Å². The number of pyridine rings is 1. The number of amides is 1. The molecule has 1 N–H and O–H groups in total. The molecule has 3 heterocycles. The number of carbonyl (C=O) groups excluding carboxylic acids is 1. The van der Waals surface area contributed by atoms with Crippen LogP contribution in [0.2, 0.25) is 0 Å². The van der Waals surface area contributed by atoms with Crippen LogP contribution < -0.4 is 10.2 Å². The molecule has 2 aromatic heterocycles. The van der Waals surface area contributed by atoms with Crippen LogP contribution in [0.5, 0.6) is 0 Å². The second-order valence-electron chi connectivity index (χ2n) is 8.55. The van der Waals surface area contributed by atoms with Crippen LogP contribution in [-0.4, -0.2) is 34.1 Å². The molecule has 32 heavy (non-hydrogen) atoms. The molecular weight excluding hydrogens is 409 g/mol. The van der Waals surface area contributed by atoms with Crippen LogP contribution in [0.3, 0.4) is 0 Å². The lowest BCUT2D eigenvalue weighted by Gasteiger charge is -2.33. The Hall–Kier alpha value is -3.29. The van der Waals surface area contributed by atoms with Crippen LogP contribution in [0.4, 0.5) is 10.2 Å². The molecule has 8 heteroatoms. The molecule has 2 fully saturated rings. The van der Waals surface area contributed by atoms with Crippen molar-refractivity contribution in [2.75, 3.05) is 18.0 Å². The smallest absolute Gasteiger partial charge is 0.230 e. The van der Waals surface area contributed by atoms with Gasteiger partial charge in [-0.25, -0.2) is 9.37 Å². The normalized spacial score (nSPS) is 18.9. The molecule has 1 unspecified atom stereocenters. The highest BCUT2D eigenvalue weighted by Crippen LogP contribution is 2.37. The average molecular weight is 436 g/mol. The fourth-order valence-corrected chi connectivity index (χ4v) is 4.34. The Morgan fingerprint density at radius 1 is 1.16 bits per heavy atom. The molecule has 1 aliphatic carbocycles. The first-order chi connectivity index (χ1) is 15.7. The number of hydrogen-bond acceptors (Lipinski definition) is 6. The molecule has 7 nitrogen and oxygen atoms in total. The van der Waals surface area contributed by atoms with Gasteiger partial charge in [-0.1, -0.05) is 29.8 Å². The first kappa shape index (κ1) is 20.6. The van der Waals surface area contributed by atoms with E-state index in [1.165, 1.54) is 12.5 Å². The standard InChI is InChI=1S/C24H26FN5O2/c25-20-11-2-1-6-17(20)14-27-23(31)18-9-5-13-30(15-18)22-19(10-4-12-26-22)21-28-24(32-29-21)16-7-3-8-16/h1-2,4,6,10-12,16,18H,3,5,7-9,13-15H2,(H,27,31). The van der Waals surface area contributed by atoms with Gasteiger partial charge in [0.1, 0.15) is 11.6 Å². The van der Waals surface area contributed by atoms with Crippen molar-refractivity contribution in [3.05, 3.63) is 59.9 Å². The number of hydrogen-bond donors (Lipinski definition) is 1. The topological polar surface area (TPSA) is 84.2 Å². The summed E-state index contributed by atoms with van der Waals surface area (Å²) >= 11 is 0. The third kappa shape index (κ3) is 4.22. The highest BCUT2D eigenvalue weighted by Gasteiger charge is 2.30. The second kappa shape index (κ2) is 9.06. The van der Waals surface area contributed by atoms with E-state index in [0.717, 1.165) is 43.6 Å². The minimum atomic E-state index is -0.308. The van der Waals surface area contributed by atoms with E-state index in [1.807, 2.05) is 12.1 Å². The second-order valence-corrected chi connectivity index (χ2v) is 8.55. The number of anilines is 1. The van der Waals surface area contributed by atoms with Crippen molar-refractivity contribution >= 4 is 11.7 Å². The van der Waals surface area contributed by atoms with E-state index >= 15 is 0 Å². The number of piperidine rings is 1. The van der Waals surface area contributed by atoms with Crippen molar-refractivity contribution in [1.82, 2.24) is 20.4 Å². The summed E-state index contributed by atoms with van der Waals surface area (Å²) in [6.45, 7) is 1.53. The van der Waals surface area contributed by atoms with E-state index in [2.05, 4.69) is 25.3 Å². The number of benzene rings is 1. The number of carbonyl (C=O) groups is 1. The SMILES string of the molecule is O=C(NCc1ccccc1F)C1CCCN(c2ncccc2-c2noc(C3CCC3)n2)C1. The maximum Gasteiger partial charge on any atom is 0.230 e. The maximum absolute atomic E-state index is 13.9. The zero-order chi connectivity index (χ0) is 21.9. The number of nitrogens with one attached hydrogen (secondary N) is 1. The Bertz CT molecular complexity index is 1100. The van der Waals surface area contributed by atoms with E-state index in [0.29, 0.717) is 29.7 Å². The lowest BCUT2D eigenvalue weighted by atomic mass is 9.85. The number of halogens is 1. The van der Waals surface area contributed by atoms with Crippen molar-refractivity contribution in [2.45, 2.75) is 44.6 Å². The van der Waals surface area contributed by atoms with Crippen LogP contribution in [0.25, 0.3) is 11.4 Å². The van der Waals surface area contributed by atoms with Gasteiger partial charge in [0.15, 0.2) is 0 Å². The molecule has 0 radical (unpaired) electrons. The quantitative estimate of drug-likeness (QED) is 0.628. The van der Waals surface area contributed by atoms with E-state index in [1.54, 1.807) is 24.4 Å². The highest BCUT2D eigenvalue weighted by molar-refractivity contribution is 5.80. The zero-order valence-corrected chi connectivity index (χ0v) is 17.8. The molecule has 1 amide bonds. The summed E-state index contributed by atoms with van der Waals surface area (Å²) in [4.78, 5) is 24.1. The van der Waals surface area contributed by atoms with Crippen molar-refractivity contribution in [1.29, 1.82) is 0 Å². The third-order valence-electron chi connectivity index (χ3n) is 6.43. The van der Waals surface area contributed by atoms with E-state index in [9.17, 15) is 9.18 Å². The average Bonchev–Trinajstić information content (AvgIpc) is 3.26. The number of aromatic nitrogens is 3. The van der Waals surface area contributed by atoms with Crippen LogP contribution in [0, 0.1) is 11.7 Å². The predicted molar refractivity (Wildman–Crippen MR) is 117 cm³/mol. The first-order valence-electron chi connectivity index (χ1n) is 11.2. The fraction of sp³-hybridized carbons (Fsp3) is 0.417. The molecular formula is C24H26FN5O2.